The second-order valence-electron chi connectivity index (χ2n) is 10.3. The number of anilines is 2. The maximum Gasteiger partial charge on any atom is 0.439 e. The topological polar surface area (TPSA) is 157 Å². The van der Waals surface area contributed by atoms with Crippen LogP contribution < -0.4 is 16.4 Å². The van der Waals surface area contributed by atoms with Gasteiger partial charge < -0.3 is 15.6 Å². The molecule has 0 aliphatic rings. The van der Waals surface area contributed by atoms with Crippen LogP contribution in [0.1, 0.15) is 56.6 Å². The molecule has 2 aromatic carbocycles. The van der Waals surface area contributed by atoms with Crippen molar-refractivity contribution in [3.8, 4) is 17.5 Å². The van der Waals surface area contributed by atoms with E-state index in [9.17, 15) is 19.6 Å². The molecule has 0 fully saturated rings. The molecule has 0 spiro atoms. The molecular weight excluding hydrogens is 472 g/mol. The van der Waals surface area contributed by atoms with Gasteiger partial charge in [-0.05, 0) is 48.1 Å². The number of carbonyl (C=O) groups excluding carboxylic acids is 2. The Bertz CT molecular complexity index is 1560. The van der Waals surface area contributed by atoms with Crippen molar-refractivity contribution in [2.75, 3.05) is 10.6 Å². The van der Waals surface area contributed by atoms with E-state index in [2.05, 4.69) is 58.0 Å². The first-order valence-corrected chi connectivity index (χ1v) is 11.9. The number of rotatable bonds is 7. The summed E-state index contributed by atoms with van der Waals surface area (Å²) in [7, 11) is 0. The van der Waals surface area contributed by atoms with Crippen LogP contribution in [-0.4, -0.2) is 26.9 Å². The smallest absolute Gasteiger partial charge is 0.349 e. The summed E-state index contributed by atoms with van der Waals surface area (Å²) in [5.74, 6) is -0.990. The fourth-order valence-electron chi connectivity index (χ4n) is 4.47. The van der Waals surface area contributed by atoms with E-state index in [-0.39, 0.29) is 28.8 Å². The van der Waals surface area contributed by atoms with Gasteiger partial charge in [-0.1, -0.05) is 45.0 Å². The van der Waals surface area contributed by atoms with Crippen LogP contribution in [0.15, 0.2) is 51.8 Å². The predicted octanol–water partition coefficient (Wildman–Crippen LogP) is 5.04. The van der Waals surface area contributed by atoms with Crippen molar-refractivity contribution in [2.45, 2.75) is 40.5 Å². The number of fused-ring (bicyclic) bond motifs is 1. The number of nitrogens with one attached hydrogen (secondary N) is 4. The Balaban J connectivity index is 1.56. The number of H-pyrrole nitrogens is 2. The van der Waals surface area contributed by atoms with E-state index >= 15 is 0 Å². The van der Waals surface area contributed by atoms with Crippen LogP contribution in [0, 0.1) is 22.7 Å². The van der Waals surface area contributed by atoms with Crippen LogP contribution in [0.5, 0.6) is 0 Å². The maximum absolute atomic E-state index is 13.1. The zero-order valence-electron chi connectivity index (χ0n) is 21.1. The summed E-state index contributed by atoms with van der Waals surface area (Å²) >= 11 is 0. The van der Waals surface area contributed by atoms with Gasteiger partial charge >= 0.3 is 5.76 Å². The molecule has 10 heteroatoms. The summed E-state index contributed by atoms with van der Waals surface area (Å²) in [6, 6.07) is 13.7. The Morgan fingerprint density at radius 3 is 2.57 bits per heavy atom. The van der Waals surface area contributed by atoms with Gasteiger partial charge in [-0.25, -0.2) is 4.79 Å². The first kappa shape index (κ1) is 25.4. The van der Waals surface area contributed by atoms with Crippen molar-refractivity contribution in [3.05, 3.63) is 64.3 Å². The second kappa shape index (κ2) is 10.1. The molecule has 190 valence electrons. The minimum atomic E-state index is -0.757. The van der Waals surface area contributed by atoms with E-state index in [0.717, 1.165) is 11.8 Å². The first-order chi connectivity index (χ1) is 17.5. The molecule has 10 nitrogen and oxygen atoms in total. The molecule has 37 heavy (non-hydrogen) atoms. The Morgan fingerprint density at radius 2 is 1.89 bits per heavy atom. The Labute approximate surface area is 213 Å². The zero-order chi connectivity index (χ0) is 26.7. The average molecular weight is 501 g/mol. The highest BCUT2D eigenvalue weighted by Crippen LogP contribution is 2.29. The summed E-state index contributed by atoms with van der Waals surface area (Å²) in [5.41, 5.74) is 2.59. The van der Waals surface area contributed by atoms with Crippen LogP contribution in [0.4, 0.5) is 11.4 Å². The monoisotopic (exact) mass is 500 g/mol. The van der Waals surface area contributed by atoms with Crippen molar-refractivity contribution < 1.29 is 14.1 Å². The fraction of sp³-hybridized carbons (Fsp3) is 0.296. The van der Waals surface area contributed by atoms with Gasteiger partial charge in [0.05, 0.1) is 28.5 Å². The molecule has 0 bridgehead atoms. The number of carbonyl (C=O) groups is 2. The van der Waals surface area contributed by atoms with Crippen molar-refractivity contribution >= 4 is 34.1 Å². The van der Waals surface area contributed by atoms with Crippen LogP contribution in [0.3, 0.4) is 0 Å². The zero-order valence-corrected chi connectivity index (χ0v) is 21.1. The molecule has 0 saturated heterocycles. The van der Waals surface area contributed by atoms with Crippen LogP contribution >= 0.6 is 0 Å². The lowest BCUT2D eigenvalue weighted by Gasteiger charge is -2.22. The van der Waals surface area contributed by atoms with Crippen molar-refractivity contribution in [1.29, 1.82) is 5.26 Å². The SMILES string of the molecule is CC(CC(=O)Nc1cccc2cc(C(=O)Nc3ccc(C#N)cc3-c3noc(=O)[nH]3)[nH]c12)CC(C)(C)C. The third-order valence-electron chi connectivity index (χ3n) is 5.76. The lowest BCUT2D eigenvalue weighted by molar-refractivity contribution is -0.117. The normalized spacial score (nSPS) is 12.2. The largest absolute Gasteiger partial charge is 0.439 e. The molecule has 2 heterocycles. The van der Waals surface area contributed by atoms with Gasteiger partial charge in [0.2, 0.25) is 5.91 Å². The molecule has 1 unspecified atom stereocenters. The number of amides is 2. The van der Waals surface area contributed by atoms with Gasteiger partial charge in [-0.3, -0.25) is 19.1 Å². The number of aromatic amines is 2. The number of nitrogens with zero attached hydrogens (tertiary/aromatic N) is 2. The number of nitriles is 1. The quantitative estimate of drug-likeness (QED) is 0.278. The Morgan fingerprint density at radius 1 is 1.11 bits per heavy atom. The van der Waals surface area contributed by atoms with E-state index in [1.165, 1.54) is 12.1 Å². The van der Waals surface area contributed by atoms with Crippen molar-refractivity contribution in [3.63, 3.8) is 0 Å². The van der Waals surface area contributed by atoms with Crippen LogP contribution in [0.2, 0.25) is 0 Å². The predicted molar refractivity (Wildman–Crippen MR) is 140 cm³/mol. The van der Waals surface area contributed by atoms with Gasteiger partial charge in [0.25, 0.3) is 5.91 Å². The number of aromatic nitrogens is 3. The highest BCUT2D eigenvalue weighted by atomic mass is 16.5. The molecule has 0 radical (unpaired) electrons. The second-order valence-corrected chi connectivity index (χ2v) is 10.3. The Kier molecular flexibility index (Phi) is 6.98. The number of hydrogen-bond acceptors (Lipinski definition) is 6. The maximum atomic E-state index is 13.1. The minimum Gasteiger partial charge on any atom is -0.349 e. The Hall–Kier alpha value is -4.65. The lowest BCUT2D eigenvalue weighted by atomic mass is 9.84. The first-order valence-electron chi connectivity index (χ1n) is 11.9. The summed E-state index contributed by atoms with van der Waals surface area (Å²) in [6.07, 6.45) is 1.32. The van der Waals surface area contributed by atoms with E-state index in [0.29, 0.717) is 34.4 Å². The van der Waals surface area contributed by atoms with E-state index in [1.54, 1.807) is 18.2 Å². The lowest BCUT2D eigenvalue weighted by Crippen LogP contribution is -2.19. The summed E-state index contributed by atoms with van der Waals surface area (Å²) < 4.78 is 4.57. The van der Waals surface area contributed by atoms with E-state index in [4.69, 9.17) is 0 Å². The number of hydrogen-bond donors (Lipinski definition) is 4. The van der Waals surface area contributed by atoms with Crippen LogP contribution in [0.25, 0.3) is 22.3 Å². The third-order valence-corrected chi connectivity index (χ3v) is 5.76. The molecular formula is C27H28N6O4. The van der Waals surface area contributed by atoms with Gasteiger partial charge in [0.1, 0.15) is 5.69 Å². The van der Waals surface area contributed by atoms with E-state index < -0.39 is 11.7 Å². The van der Waals surface area contributed by atoms with Gasteiger partial charge in [0, 0.05) is 17.4 Å². The molecule has 0 aliphatic heterocycles. The molecule has 4 rings (SSSR count). The summed E-state index contributed by atoms with van der Waals surface area (Å²) in [4.78, 5) is 42.8. The molecule has 4 N–H and O–H groups in total. The van der Waals surface area contributed by atoms with Gasteiger partial charge in [-0.15, -0.1) is 0 Å². The summed E-state index contributed by atoms with van der Waals surface area (Å²) in [6.45, 7) is 8.52. The molecule has 4 aromatic rings. The highest BCUT2D eigenvalue weighted by Gasteiger charge is 2.20. The summed E-state index contributed by atoms with van der Waals surface area (Å²) in [5, 5.41) is 19.4. The van der Waals surface area contributed by atoms with Crippen molar-refractivity contribution in [2.24, 2.45) is 11.3 Å². The van der Waals surface area contributed by atoms with Crippen LogP contribution in [-0.2, 0) is 4.79 Å². The highest BCUT2D eigenvalue weighted by molar-refractivity contribution is 6.09. The number of para-hydroxylation sites is 1. The fourth-order valence-corrected chi connectivity index (χ4v) is 4.47. The molecule has 2 amide bonds. The number of benzene rings is 2. The molecule has 0 aliphatic carbocycles. The standard InChI is InChI=1S/C27H28N6O4/c1-15(13-27(2,3)4)10-22(34)29-20-7-5-6-17-12-21(30-23(17)20)25(35)31-19-9-8-16(14-28)11-18(19)24-32-26(36)37-33-24/h5-9,11-12,15,30H,10,13H2,1-4H3,(H,29,34)(H,31,35)(H,32,33,36). The minimum absolute atomic E-state index is 0.0831. The van der Waals surface area contributed by atoms with E-state index in [1.807, 2.05) is 18.2 Å². The average Bonchev–Trinajstić information content (AvgIpc) is 3.45. The molecule has 0 saturated carbocycles. The third kappa shape index (κ3) is 6.13. The van der Waals surface area contributed by atoms with Gasteiger partial charge in [0.15, 0.2) is 5.82 Å². The molecule has 1 atom stereocenters. The molecule has 2 aromatic heterocycles. The van der Waals surface area contributed by atoms with Gasteiger partial charge in [-0.2, -0.15) is 5.26 Å². The van der Waals surface area contributed by atoms with Crippen molar-refractivity contribution in [1.82, 2.24) is 15.1 Å².